The summed E-state index contributed by atoms with van der Waals surface area (Å²) in [4.78, 5) is 28.6. The Balaban J connectivity index is 1.56. The number of piperidine rings is 1. The van der Waals surface area contributed by atoms with Gasteiger partial charge in [0.15, 0.2) is 0 Å². The molecular formula is C25H32N2O2. The van der Waals surface area contributed by atoms with Crippen LogP contribution >= 0.6 is 0 Å². The quantitative estimate of drug-likeness (QED) is 0.718. The van der Waals surface area contributed by atoms with Gasteiger partial charge in [0.25, 0.3) is 0 Å². The molecule has 2 aromatic rings. The van der Waals surface area contributed by atoms with E-state index < -0.39 is 0 Å². The maximum Gasteiger partial charge on any atom is 0.242 e. The van der Waals surface area contributed by atoms with Gasteiger partial charge in [0, 0.05) is 25.7 Å². The average Bonchev–Trinajstić information content (AvgIpc) is 2.73. The van der Waals surface area contributed by atoms with Gasteiger partial charge in [-0.15, -0.1) is 0 Å². The van der Waals surface area contributed by atoms with Crippen molar-refractivity contribution in [2.75, 3.05) is 24.5 Å². The number of carbonyl (C=O) groups is 2. The van der Waals surface area contributed by atoms with Gasteiger partial charge in [0.05, 0.1) is 0 Å². The van der Waals surface area contributed by atoms with Crippen LogP contribution in [0.4, 0.5) is 5.69 Å². The molecule has 1 aliphatic heterocycles. The van der Waals surface area contributed by atoms with E-state index in [1.54, 1.807) is 4.90 Å². The second-order valence-electron chi connectivity index (χ2n) is 8.37. The van der Waals surface area contributed by atoms with Crippen molar-refractivity contribution in [3.8, 4) is 0 Å². The third-order valence-electron chi connectivity index (χ3n) is 5.88. The average molecular weight is 393 g/mol. The zero-order valence-electron chi connectivity index (χ0n) is 17.8. The number of rotatable bonds is 6. The van der Waals surface area contributed by atoms with Crippen LogP contribution < -0.4 is 4.90 Å². The number of hydrogen-bond acceptors (Lipinski definition) is 2. The third kappa shape index (κ3) is 5.69. The predicted octanol–water partition coefficient (Wildman–Crippen LogP) is 4.64. The van der Waals surface area contributed by atoms with Crippen LogP contribution in [0.1, 0.15) is 50.7 Å². The number of benzene rings is 2. The van der Waals surface area contributed by atoms with E-state index in [0.29, 0.717) is 11.8 Å². The Kier molecular flexibility index (Phi) is 7.08. The molecule has 0 aliphatic carbocycles. The number of likely N-dealkylation sites (tertiary alicyclic amines) is 1. The van der Waals surface area contributed by atoms with E-state index in [9.17, 15) is 9.59 Å². The van der Waals surface area contributed by atoms with E-state index in [-0.39, 0.29) is 18.4 Å². The van der Waals surface area contributed by atoms with E-state index in [2.05, 4.69) is 38.1 Å². The number of amides is 2. The molecule has 0 atom stereocenters. The number of anilines is 1. The summed E-state index contributed by atoms with van der Waals surface area (Å²) in [5.74, 6) is 0.989. The molecule has 0 saturated carbocycles. The Morgan fingerprint density at radius 2 is 1.62 bits per heavy atom. The van der Waals surface area contributed by atoms with Crippen molar-refractivity contribution in [3.05, 3.63) is 65.7 Å². The van der Waals surface area contributed by atoms with Crippen LogP contribution in [0.5, 0.6) is 0 Å². The van der Waals surface area contributed by atoms with Gasteiger partial charge in [-0.3, -0.25) is 9.59 Å². The van der Waals surface area contributed by atoms with Crippen molar-refractivity contribution in [1.29, 1.82) is 0 Å². The minimum absolute atomic E-state index is 0.0336. The van der Waals surface area contributed by atoms with Crippen molar-refractivity contribution in [1.82, 2.24) is 4.90 Å². The van der Waals surface area contributed by atoms with Crippen LogP contribution in [-0.4, -0.2) is 36.3 Å². The standard InChI is InChI=1S/C25H32N2O2/c1-19(2)23-9-11-24(12-10-23)27(20(3)28)18-25(29)26-15-13-22(14-16-26)17-21-7-5-4-6-8-21/h4-12,19,22H,13-18H2,1-3H3. The lowest BCUT2D eigenvalue weighted by Crippen LogP contribution is -2.45. The summed E-state index contributed by atoms with van der Waals surface area (Å²) in [5, 5.41) is 0. The van der Waals surface area contributed by atoms with Gasteiger partial charge in [-0.2, -0.15) is 0 Å². The van der Waals surface area contributed by atoms with Gasteiger partial charge in [0.2, 0.25) is 11.8 Å². The lowest BCUT2D eigenvalue weighted by Gasteiger charge is -2.33. The van der Waals surface area contributed by atoms with Crippen LogP contribution in [0, 0.1) is 5.92 Å². The van der Waals surface area contributed by atoms with Gasteiger partial charge in [-0.1, -0.05) is 56.3 Å². The van der Waals surface area contributed by atoms with Crippen molar-refractivity contribution in [2.45, 2.75) is 46.0 Å². The molecule has 1 saturated heterocycles. The normalized spacial score (nSPS) is 14.8. The molecule has 0 spiro atoms. The Morgan fingerprint density at radius 3 is 2.17 bits per heavy atom. The van der Waals surface area contributed by atoms with E-state index in [0.717, 1.165) is 38.0 Å². The Bertz CT molecular complexity index is 806. The molecule has 0 aromatic heterocycles. The Hall–Kier alpha value is -2.62. The molecule has 0 radical (unpaired) electrons. The second-order valence-corrected chi connectivity index (χ2v) is 8.37. The summed E-state index contributed by atoms with van der Waals surface area (Å²) in [6.45, 7) is 7.46. The third-order valence-corrected chi connectivity index (χ3v) is 5.88. The molecule has 1 fully saturated rings. The van der Waals surface area contributed by atoms with Crippen LogP contribution in [0.3, 0.4) is 0 Å². The molecule has 0 unspecified atom stereocenters. The first-order valence-corrected chi connectivity index (χ1v) is 10.6. The predicted molar refractivity (Wildman–Crippen MR) is 118 cm³/mol. The zero-order valence-corrected chi connectivity index (χ0v) is 17.8. The maximum absolute atomic E-state index is 12.9. The lowest BCUT2D eigenvalue weighted by molar-refractivity contribution is -0.132. The fourth-order valence-corrected chi connectivity index (χ4v) is 3.99. The highest BCUT2D eigenvalue weighted by molar-refractivity contribution is 5.97. The molecule has 3 rings (SSSR count). The van der Waals surface area contributed by atoms with Crippen LogP contribution in [0.2, 0.25) is 0 Å². The monoisotopic (exact) mass is 392 g/mol. The van der Waals surface area contributed by atoms with E-state index in [1.807, 2.05) is 35.2 Å². The van der Waals surface area contributed by atoms with E-state index in [1.165, 1.54) is 18.1 Å². The molecule has 0 N–H and O–H groups in total. The fraction of sp³-hybridized carbons (Fsp3) is 0.440. The van der Waals surface area contributed by atoms with Gasteiger partial charge in [-0.25, -0.2) is 0 Å². The summed E-state index contributed by atoms with van der Waals surface area (Å²) in [7, 11) is 0. The largest absolute Gasteiger partial charge is 0.341 e. The smallest absolute Gasteiger partial charge is 0.242 e. The lowest BCUT2D eigenvalue weighted by atomic mass is 9.90. The van der Waals surface area contributed by atoms with Crippen molar-refractivity contribution in [2.24, 2.45) is 5.92 Å². The molecule has 2 aromatic carbocycles. The molecule has 29 heavy (non-hydrogen) atoms. The molecule has 2 amide bonds. The first kappa shape index (κ1) is 21.1. The molecule has 0 bridgehead atoms. The highest BCUT2D eigenvalue weighted by Gasteiger charge is 2.25. The molecule has 154 valence electrons. The van der Waals surface area contributed by atoms with E-state index in [4.69, 9.17) is 0 Å². The molecular weight excluding hydrogens is 360 g/mol. The fourth-order valence-electron chi connectivity index (χ4n) is 3.99. The van der Waals surface area contributed by atoms with E-state index >= 15 is 0 Å². The SMILES string of the molecule is CC(=O)N(CC(=O)N1CCC(Cc2ccccc2)CC1)c1ccc(C(C)C)cc1. The van der Waals surface area contributed by atoms with Crippen LogP contribution in [0.25, 0.3) is 0 Å². The summed E-state index contributed by atoms with van der Waals surface area (Å²) < 4.78 is 0. The zero-order chi connectivity index (χ0) is 20.8. The number of carbonyl (C=O) groups excluding carboxylic acids is 2. The number of nitrogens with zero attached hydrogens (tertiary/aromatic N) is 2. The van der Waals surface area contributed by atoms with Gasteiger partial charge in [-0.05, 0) is 54.4 Å². The highest BCUT2D eigenvalue weighted by atomic mass is 16.2. The summed E-state index contributed by atoms with van der Waals surface area (Å²) in [6.07, 6.45) is 3.11. The molecule has 1 aliphatic rings. The minimum Gasteiger partial charge on any atom is -0.341 e. The Labute approximate surface area is 174 Å². The second kappa shape index (κ2) is 9.73. The highest BCUT2D eigenvalue weighted by Crippen LogP contribution is 2.23. The van der Waals surface area contributed by atoms with Crippen molar-refractivity contribution in [3.63, 3.8) is 0 Å². The Morgan fingerprint density at radius 1 is 1.00 bits per heavy atom. The van der Waals surface area contributed by atoms with Crippen LogP contribution in [-0.2, 0) is 16.0 Å². The first-order valence-electron chi connectivity index (χ1n) is 10.6. The first-order chi connectivity index (χ1) is 13.9. The summed E-state index contributed by atoms with van der Waals surface area (Å²) >= 11 is 0. The topological polar surface area (TPSA) is 40.6 Å². The minimum atomic E-state index is -0.102. The molecule has 4 nitrogen and oxygen atoms in total. The number of hydrogen-bond donors (Lipinski definition) is 0. The van der Waals surface area contributed by atoms with Gasteiger partial charge < -0.3 is 9.80 Å². The maximum atomic E-state index is 12.9. The van der Waals surface area contributed by atoms with Crippen LogP contribution in [0.15, 0.2) is 54.6 Å². The van der Waals surface area contributed by atoms with Gasteiger partial charge >= 0.3 is 0 Å². The van der Waals surface area contributed by atoms with Crippen molar-refractivity contribution >= 4 is 17.5 Å². The van der Waals surface area contributed by atoms with Gasteiger partial charge in [0.1, 0.15) is 6.54 Å². The molecule has 1 heterocycles. The van der Waals surface area contributed by atoms with Crippen molar-refractivity contribution < 1.29 is 9.59 Å². The summed E-state index contributed by atoms with van der Waals surface area (Å²) in [5.41, 5.74) is 3.38. The summed E-state index contributed by atoms with van der Waals surface area (Å²) in [6, 6.07) is 18.5. The molecule has 4 heteroatoms.